The SMILES string of the molecule is CCC1NCN(CCC2CCCCO2)C1=O. The summed E-state index contributed by atoms with van der Waals surface area (Å²) in [4.78, 5) is 13.8. The van der Waals surface area contributed by atoms with E-state index >= 15 is 0 Å². The summed E-state index contributed by atoms with van der Waals surface area (Å²) in [7, 11) is 0. The number of carbonyl (C=O) groups excluding carboxylic acids is 1. The molecule has 4 nitrogen and oxygen atoms in total. The van der Waals surface area contributed by atoms with Gasteiger partial charge in [-0.1, -0.05) is 6.92 Å². The molecule has 2 atom stereocenters. The Kier molecular flexibility index (Phi) is 4.18. The van der Waals surface area contributed by atoms with Crippen LogP contribution in [0.1, 0.15) is 39.0 Å². The van der Waals surface area contributed by atoms with E-state index < -0.39 is 0 Å². The Hall–Kier alpha value is -0.610. The zero-order valence-electron chi connectivity index (χ0n) is 10.1. The molecule has 2 unspecified atom stereocenters. The number of carbonyl (C=O) groups is 1. The van der Waals surface area contributed by atoms with Crippen molar-refractivity contribution in [2.24, 2.45) is 0 Å². The average molecular weight is 226 g/mol. The molecular weight excluding hydrogens is 204 g/mol. The molecule has 1 N–H and O–H groups in total. The molecule has 2 saturated heterocycles. The predicted octanol–water partition coefficient (Wildman–Crippen LogP) is 1.11. The van der Waals surface area contributed by atoms with Crippen LogP contribution in [0.2, 0.25) is 0 Å². The summed E-state index contributed by atoms with van der Waals surface area (Å²) in [6.45, 7) is 4.49. The minimum absolute atomic E-state index is 0.0484. The predicted molar refractivity (Wildman–Crippen MR) is 62.0 cm³/mol. The number of nitrogens with zero attached hydrogens (tertiary/aromatic N) is 1. The van der Waals surface area contributed by atoms with Crippen molar-refractivity contribution in [2.45, 2.75) is 51.2 Å². The largest absolute Gasteiger partial charge is 0.378 e. The molecule has 0 bridgehead atoms. The van der Waals surface area contributed by atoms with Gasteiger partial charge in [0.05, 0.1) is 18.8 Å². The van der Waals surface area contributed by atoms with Crippen molar-refractivity contribution < 1.29 is 9.53 Å². The van der Waals surface area contributed by atoms with Gasteiger partial charge in [-0.05, 0) is 32.1 Å². The van der Waals surface area contributed by atoms with Crippen LogP contribution in [0.4, 0.5) is 0 Å². The molecule has 92 valence electrons. The van der Waals surface area contributed by atoms with Gasteiger partial charge in [0.15, 0.2) is 0 Å². The highest BCUT2D eigenvalue weighted by Gasteiger charge is 2.29. The molecule has 2 fully saturated rings. The van der Waals surface area contributed by atoms with E-state index in [-0.39, 0.29) is 11.9 Å². The molecule has 0 aliphatic carbocycles. The van der Waals surface area contributed by atoms with Crippen LogP contribution >= 0.6 is 0 Å². The molecule has 0 aromatic carbocycles. The van der Waals surface area contributed by atoms with E-state index in [0.717, 1.165) is 32.4 Å². The van der Waals surface area contributed by atoms with E-state index in [0.29, 0.717) is 12.8 Å². The highest BCUT2D eigenvalue weighted by Crippen LogP contribution is 2.17. The number of hydrogen-bond donors (Lipinski definition) is 1. The van der Waals surface area contributed by atoms with Crippen LogP contribution in [0.5, 0.6) is 0 Å². The zero-order chi connectivity index (χ0) is 11.4. The highest BCUT2D eigenvalue weighted by atomic mass is 16.5. The number of rotatable bonds is 4. The smallest absolute Gasteiger partial charge is 0.240 e. The van der Waals surface area contributed by atoms with Crippen molar-refractivity contribution >= 4 is 5.91 Å². The lowest BCUT2D eigenvalue weighted by Crippen LogP contribution is -2.33. The van der Waals surface area contributed by atoms with Crippen molar-refractivity contribution in [2.75, 3.05) is 19.8 Å². The number of amides is 1. The van der Waals surface area contributed by atoms with E-state index in [2.05, 4.69) is 5.32 Å². The van der Waals surface area contributed by atoms with E-state index in [4.69, 9.17) is 4.74 Å². The maximum Gasteiger partial charge on any atom is 0.240 e. The van der Waals surface area contributed by atoms with Crippen molar-refractivity contribution in [1.29, 1.82) is 0 Å². The van der Waals surface area contributed by atoms with E-state index in [1.165, 1.54) is 12.8 Å². The standard InChI is InChI=1S/C12H22N2O2/c1-2-11-12(15)14(9-13-11)7-6-10-5-3-4-8-16-10/h10-11,13H,2-9H2,1H3. The third kappa shape index (κ3) is 2.74. The summed E-state index contributed by atoms with van der Waals surface area (Å²) >= 11 is 0. The molecule has 0 aromatic rings. The van der Waals surface area contributed by atoms with Crippen molar-refractivity contribution in [3.63, 3.8) is 0 Å². The molecule has 0 aromatic heterocycles. The molecule has 2 aliphatic heterocycles. The molecule has 0 saturated carbocycles. The monoisotopic (exact) mass is 226 g/mol. The maximum atomic E-state index is 11.8. The van der Waals surface area contributed by atoms with Gasteiger partial charge in [-0.2, -0.15) is 0 Å². The van der Waals surface area contributed by atoms with Gasteiger partial charge in [-0.15, -0.1) is 0 Å². The fourth-order valence-electron chi connectivity index (χ4n) is 2.45. The van der Waals surface area contributed by atoms with Crippen LogP contribution in [0.15, 0.2) is 0 Å². The van der Waals surface area contributed by atoms with Gasteiger partial charge in [0.1, 0.15) is 0 Å². The molecule has 1 amide bonds. The summed E-state index contributed by atoms with van der Waals surface area (Å²) in [6, 6.07) is 0.0484. The van der Waals surface area contributed by atoms with Crippen LogP contribution < -0.4 is 5.32 Å². The average Bonchev–Trinajstić information content (AvgIpc) is 2.69. The van der Waals surface area contributed by atoms with Gasteiger partial charge in [-0.25, -0.2) is 0 Å². The van der Waals surface area contributed by atoms with E-state index in [1.807, 2.05) is 11.8 Å². The normalized spacial score (nSPS) is 31.1. The van der Waals surface area contributed by atoms with E-state index in [9.17, 15) is 4.79 Å². The van der Waals surface area contributed by atoms with Gasteiger partial charge in [-0.3, -0.25) is 10.1 Å². The Bertz CT molecular complexity index is 239. The fourth-order valence-corrected chi connectivity index (χ4v) is 2.45. The minimum Gasteiger partial charge on any atom is -0.378 e. The van der Waals surface area contributed by atoms with Crippen LogP contribution in [0, 0.1) is 0 Å². The van der Waals surface area contributed by atoms with Gasteiger partial charge < -0.3 is 9.64 Å². The third-order valence-corrected chi connectivity index (χ3v) is 3.54. The summed E-state index contributed by atoms with van der Waals surface area (Å²) in [6.07, 6.45) is 5.88. The zero-order valence-corrected chi connectivity index (χ0v) is 10.1. The van der Waals surface area contributed by atoms with Crippen LogP contribution in [0.25, 0.3) is 0 Å². The molecule has 0 spiro atoms. The number of nitrogens with one attached hydrogen (secondary N) is 1. The third-order valence-electron chi connectivity index (χ3n) is 3.54. The van der Waals surface area contributed by atoms with Gasteiger partial charge in [0.25, 0.3) is 0 Å². The Morgan fingerprint density at radius 2 is 2.38 bits per heavy atom. The summed E-state index contributed by atoms with van der Waals surface area (Å²) < 4.78 is 5.67. The second-order valence-corrected chi connectivity index (χ2v) is 4.70. The fraction of sp³-hybridized carbons (Fsp3) is 0.917. The first kappa shape index (κ1) is 11.9. The second kappa shape index (κ2) is 5.64. The van der Waals surface area contributed by atoms with Gasteiger partial charge >= 0.3 is 0 Å². The second-order valence-electron chi connectivity index (χ2n) is 4.70. The van der Waals surface area contributed by atoms with Crippen LogP contribution in [0.3, 0.4) is 0 Å². The summed E-state index contributed by atoms with van der Waals surface area (Å²) in [5, 5.41) is 3.23. The molecule has 2 rings (SSSR count). The molecular formula is C12H22N2O2. The van der Waals surface area contributed by atoms with Crippen molar-refractivity contribution in [3.05, 3.63) is 0 Å². The molecule has 2 aliphatic rings. The topological polar surface area (TPSA) is 41.6 Å². The summed E-state index contributed by atoms with van der Waals surface area (Å²) in [5.74, 6) is 0.262. The quantitative estimate of drug-likeness (QED) is 0.781. The maximum absolute atomic E-state index is 11.8. The Morgan fingerprint density at radius 3 is 3.00 bits per heavy atom. The first-order chi connectivity index (χ1) is 7.81. The van der Waals surface area contributed by atoms with Gasteiger partial charge in [0, 0.05) is 13.2 Å². The van der Waals surface area contributed by atoms with Crippen molar-refractivity contribution in [3.8, 4) is 0 Å². The molecule has 16 heavy (non-hydrogen) atoms. The molecule has 4 heteroatoms. The first-order valence-corrected chi connectivity index (χ1v) is 6.45. The Labute approximate surface area is 97.3 Å². The molecule has 0 radical (unpaired) electrons. The lowest BCUT2D eigenvalue weighted by Gasteiger charge is -2.24. The highest BCUT2D eigenvalue weighted by molar-refractivity contribution is 5.83. The Morgan fingerprint density at radius 1 is 1.50 bits per heavy atom. The summed E-state index contributed by atoms with van der Waals surface area (Å²) in [5.41, 5.74) is 0. The van der Waals surface area contributed by atoms with E-state index in [1.54, 1.807) is 0 Å². The first-order valence-electron chi connectivity index (χ1n) is 6.45. The Balaban J connectivity index is 1.71. The lowest BCUT2D eigenvalue weighted by atomic mass is 10.1. The van der Waals surface area contributed by atoms with Crippen LogP contribution in [-0.4, -0.2) is 42.8 Å². The lowest BCUT2D eigenvalue weighted by molar-refractivity contribution is -0.129. The number of ether oxygens (including phenoxy) is 1. The minimum atomic E-state index is 0.0484. The van der Waals surface area contributed by atoms with Gasteiger partial charge in [0.2, 0.25) is 5.91 Å². The van der Waals surface area contributed by atoms with Crippen LogP contribution in [-0.2, 0) is 9.53 Å². The number of hydrogen-bond acceptors (Lipinski definition) is 3. The van der Waals surface area contributed by atoms with Crippen molar-refractivity contribution in [1.82, 2.24) is 10.2 Å². The molecule has 2 heterocycles.